The standard InChI is InChI=1S/C21H21NO3S/c1-15-11-20(16(2)22(15)9-8-19-7-4-10-26-19)21(24)14-25-18-6-3-5-17(12-18)13-23/h3-7,10-13H,8-9,14H2,1-2H3. The van der Waals surface area contributed by atoms with Crippen LogP contribution in [0, 0.1) is 13.8 Å². The maximum absolute atomic E-state index is 12.6. The van der Waals surface area contributed by atoms with Crippen molar-refractivity contribution in [3.8, 4) is 5.75 Å². The van der Waals surface area contributed by atoms with Gasteiger partial charge in [0.05, 0.1) is 0 Å². The van der Waals surface area contributed by atoms with Gasteiger partial charge in [0.25, 0.3) is 0 Å². The van der Waals surface area contributed by atoms with Crippen molar-refractivity contribution in [2.75, 3.05) is 6.61 Å². The molecule has 0 aliphatic carbocycles. The van der Waals surface area contributed by atoms with Crippen molar-refractivity contribution in [3.63, 3.8) is 0 Å². The molecule has 134 valence electrons. The predicted molar refractivity (Wildman–Crippen MR) is 104 cm³/mol. The van der Waals surface area contributed by atoms with Gasteiger partial charge in [-0.1, -0.05) is 18.2 Å². The second kappa shape index (κ2) is 8.15. The van der Waals surface area contributed by atoms with E-state index in [1.807, 2.05) is 19.9 Å². The van der Waals surface area contributed by atoms with E-state index >= 15 is 0 Å². The molecule has 3 aromatic rings. The Hall–Kier alpha value is -2.66. The third-order valence-electron chi connectivity index (χ3n) is 4.40. The Morgan fingerprint density at radius 1 is 1.19 bits per heavy atom. The van der Waals surface area contributed by atoms with Crippen LogP contribution in [-0.2, 0) is 13.0 Å². The molecule has 1 aromatic carbocycles. The smallest absolute Gasteiger partial charge is 0.202 e. The number of benzene rings is 1. The largest absolute Gasteiger partial charge is 0.485 e. The molecule has 2 heterocycles. The average molecular weight is 367 g/mol. The van der Waals surface area contributed by atoms with Crippen LogP contribution in [0.15, 0.2) is 47.8 Å². The summed E-state index contributed by atoms with van der Waals surface area (Å²) in [7, 11) is 0. The monoisotopic (exact) mass is 367 g/mol. The van der Waals surface area contributed by atoms with Crippen LogP contribution in [-0.4, -0.2) is 23.2 Å². The van der Waals surface area contributed by atoms with E-state index in [-0.39, 0.29) is 12.4 Å². The van der Waals surface area contributed by atoms with Gasteiger partial charge in [-0.3, -0.25) is 9.59 Å². The number of carbonyl (C=O) groups is 2. The fourth-order valence-corrected chi connectivity index (χ4v) is 3.71. The lowest BCUT2D eigenvalue weighted by molar-refractivity contribution is 0.0920. The summed E-state index contributed by atoms with van der Waals surface area (Å²) in [5.74, 6) is 0.464. The number of Topliss-reactive ketones (excluding diaryl/α,β-unsaturated/α-hetero) is 1. The fraction of sp³-hybridized carbons (Fsp3) is 0.238. The SMILES string of the molecule is Cc1cc(C(=O)COc2cccc(C=O)c2)c(C)n1CCc1cccs1. The Bertz CT molecular complexity index is 909. The maximum atomic E-state index is 12.6. The lowest BCUT2D eigenvalue weighted by atomic mass is 10.1. The van der Waals surface area contributed by atoms with Crippen molar-refractivity contribution < 1.29 is 14.3 Å². The van der Waals surface area contributed by atoms with E-state index in [0.29, 0.717) is 16.9 Å². The summed E-state index contributed by atoms with van der Waals surface area (Å²) in [5.41, 5.74) is 3.27. The van der Waals surface area contributed by atoms with Gasteiger partial charge in [-0.2, -0.15) is 0 Å². The molecule has 0 fully saturated rings. The van der Waals surface area contributed by atoms with Crippen molar-refractivity contribution in [1.29, 1.82) is 0 Å². The number of aromatic nitrogens is 1. The molecular formula is C21H21NO3S. The predicted octanol–water partition coefficient (Wildman–Crippen LogP) is 4.48. The van der Waals surface area contributed by atoms with Gasteiger partial charge in [-0.25, -0.2) is 0 Å². The number of hydrogen-bond acceptors (Lipinski definition) is 4. The minimum atomic E-state index is -0.0584. The Labute approximate surface area is 157 Å². The average Bonchev–Trinajstić information content (AvgIpc) is 3.26. The van der Waals surface area contributed by atoms with Gasteiger partial charge in [0.1, 0.15) is 12.0 Å². The highest BCUT2D eigenvalue weighted by atomic mass is 32.1. The Morgan fingerprint density at radius 2 is 2.04 bits per heavy atom. The van der Waals surface area contributed by atoms with Crippen LogP contribution in [0.1, 0.15) is 37.0 Å². The molecule has 0 aliphatic heterocycles. The zero-order valence-corrected chi connectivity index (χ0v) is 15.7. The molecular weight excluding hydrogens is 346 g/mol. The number of ketones is 1. The summed E-state index contributed by atoms with van der Waals surface area (Å²) in [4.78, 5) is 24.7. The zero-order valence-electron chi connectivity index (χ0n) is 14.9. The quantitative estimate of drug-likeness (QED) is 0.435. The Morgan fingerprint density at radius 3 is 2.77 bits per heavy atom. The third kappa shape index (κ3) is 4.11. The molecule has 26 heavy (non-hydrogen) atoms. The molecule has 5 heteroatoms. The summed E-state index contributed by atoms with van der Waals surface area (Å²) >= 11 is 1.75. The number of rotatable bonds is 8. The minimum Gasteiger partial charge on any atom is -0.485 e. The topological polar surface area (TPSA) is 48.3 Å². The minimum absolute atomic E-state index is 0.0441. The molecule has 2 aromatic heterocycles. The number of carbonyl (C=O) groups excluding carboxylic acids is 2. The molecule has 0 unspecified atom stereocenters. The van der Waals surface area contributed by atoms with Crippen LogP contribution >= 0.6 is 11.3 Å². The van der Waals surface area contributed by atoms with Crippen LogP contribution in [0.3, 0.4) is 0 Å². The first-order valence-electron chi connectivity index (χ1n) is 8.49. The number of aryl methyl sites for hydroxylation is 2. The van der Waals surface area contributed by atoms with Gasteiger partial charge in [0, 0.05) is 33.9 Å². The van der Waals surface area contributed by atoms with Gasteiger partial charge in [0.15, 0.2) is 6.61 Å². The van der Waals surface area contributed by atoms with Crippen LogP contribution < -0.4 is 4.74 Å². The van der Waals surface area contributed by atoms with Crippen LogP contribution in [0.4, 0.5) is 0 Å². The number of thiophene rings is 1. The maximum Gasteiger partial charge on any atom is 0.202 e. The fourth-order valence-electron chi connectivity index (χ4n) is 3.01. The van der Waals surface area contributed by atoms with Gasteiger partial charge >= 0.3 is 0 Å². The van der Waals surface area contributed by atoms with Crippen molar-refractivity contribution in [3.05, 3.63) is 75.2 Å². The normalized spacial score (nSPS) is 10.7. The van der Waals surface area contributed by atoms with Gasteiger partial charge in [-0.05, 0) is 49.9 Å². The summed E-state index contributed by atoms with van der Waals surface area (Å²) in [6.07, 6.45) is 1.71. The van der Waals surface area contributed by atoms with E-state index in [2.05, 4.69) is 22.1 Å². The molecule has 0 atom stereocenters. The van der Waals surface area contributed by atoms with Crippen molar-refractivity contribution >= 4 is 23.4 Å². The molecule has 0 N–H and O–H groups in total. The summed E-state index contributed by atoms with van der Waals surface area (Å²) < 4.78 is 7.75. The molecule has 3 rings (SSSR count). The number of hydrogen-bond donors (Lipinski definition) is 0. The number of aldehydes is 1. The molecule has 0 amide bonds. The van der Waals surface area contributed by atoms with E-state index in [4.69, 9.17) is 4.74 Å². The van der Waals surface area contributed by atoms with E-state index in [1.54, 1.807) is 35.6 Å². The summed E-state index contributed by atoms with van der Waals surface area (Å²) in [5, 5.41) is 2.08. The van der Waals surface area contributed by atoms with Crippen LogP contribution in [0.2, 0.25) is 0 Å². The molecule has 0 aliphatic rings. The van der Waals surface area contributed by atoms with Crippen LogP contribution in [0.5, 0.6) is 5.75 Å². The molecule has 0 saturated heterocycles. The van der Waals surface area contributed by atoms with Gasteiger partial charge < -0.3 is 9.30 Å². The van der Waals surface area contributed by atoms with E-state index in [0.717, 1.165) is 30.6 Å². The van der Waals surface area contributed by atoms with Gasteiger partial charge in [0.2, 0.25) is 5.78 Å². The zero-order chi connectivity index (χ0) is 18.5. The summed E-state index contributed by atoms with van der Waals surface area (Å²) in [6.45, 7) is 4.81. The van der Waals surface area contributed by atoms with Crippen LogP contribution in [0.25, 0.3) is 0 Å². The van der Waals surface area contributed by atoms with E-state index in [9.17, 15) is 9.59 Å². The molecule has 0 spiro atoms. The van der Waals surface area contributed by atoms with E-state index < -0.39 is 0 Å². The molecule has 0 saturated carbocycles. The first-order valence-corrected chi connectivity index (χ1v) is 9.37. The summed E-state index contributed by atoms with van der Waals surface area (Å²) in [6, 6.07) is 12.9. The lowest BCUT2D eigenvalue weighted by Gasteiger charge is -2.09. The van der Waals surface area contributed by atoms with Crippen molar-refractivity contribution in [2.24, 2.45) is 0 Å². The van der Waals surface area contributed by atoms with E-state index in [1.165, 1.54) is 4.88 Å². The highest BCUT2D eigenvalue weighted by Gasteiger charge is 2.16. The number of nitrogens with zero attached hydrogens (tertiary/aromatic N) is 1. The third-order valence-corrected chi connectivity index (χ3v) is 5.34. The number of ether oxygens (including phenoxy) is 1. The van der Waals surface area contributed by atoms with Crippen molar-refractivity contribution in [1.82, 2.24) is 4.57 Å². The highest BCUT2D eigenvalue weighted by Crippen LogP contribution is 2.19. The Balaban J connectivity index is 1.67. The second-order valence-electron chi connectivity index (χ2n) is 6.17. The molecule has 0 radical (unpaired) electrons. The second-order valence-corrected chi connectivity index (χ2v) is 7.20. The Kier molecular flexibility index (Phi) is 5.68. The van der Waals surface area contributed by atoms with Crippen molar-refractivity contribution in [2.45, 2.75) is 26.8 Å². The molecule has 4 nitrogen and oxygen atoms in total. The molecule has 0 bridgehead atoms. The first kappa shape index (κ1) is 18.1. The lowest BCUT2D eigenvalue weighted by Crippen LogP contribution is -2.13. The first-order chi connectivity index (χ1) is 12.6. The van der Waals surface area contributed by atoms with Gasteiger partial charge in [-0.15, -0.1) is 11.3 Å². The highest BCUT2D eigenvalue weighted by molar-refractivity contribution is 7.09.